The number of hydrogen-bond donors (Lipinski definition) is 1. The molecule has 1 rings (SSSR count). The van der Waals surface area contributed by atoms with Gasteiger partial charge >= 0.3 is 0 Å². The van der Waals surface area contributed by atoms with Gasteiger partial charge in [-0.3, -0.25) is 4.79 Å². The monoisotopic (exact) mass is 275 g/mol. The highest BCUT2D eigenvalue weighted by molar-refractivity contribution is 6.21. The maximum Gasteiger partial charge on any atom is 0.257 e. The van der Waals surface area contributed by atoms with E-state index in [1.807, 2.05) is 0 Å². The Kier molecular flexibility index (Phi) is 4.32. The summed E-state index contributed by atoms with van der Waals surface area (Å²) in [6.45, 7) is 6.55. The highest BCUT2D eigenvalue weighted by Crippen LogP contribution is 2.19. The van der Waals surface area contributed by atoms with Crippen LogP contribution in [0.1, 0.15) is 36.7 Å². The molecule has 18 heavy (non-hydrogen) atoms. The largest absolute Gasteiger partial charge is 0.346 e. The molecule has 100 valence electrons. The van der Waals surface area contributed by atoms with Crippen LogP contribution in [0.3, 0.4) is 0 Å². The third-order valence-electron chi connectivity index (χ3n) is 2.94. The van der Waals surface area contributed by atoms with E-state index in [4.69, 9.17) is 11.6 Å². The fourth-order valence-corrected chi connectivity index (χ4v) is 1.37. The number of benzene rings is 1. The molecule has 2 nitrogen and oxygen atoms in total. The summed E-state index contributed by atoms with van der Waals surface area (Å²) in [7, 11) is 0. The molecule has 0 aliphatic rings. The van der Waals surface area contributed by atoms with Crippen molar-refractivity contribution in [2.45, 2.75) is 38.6 Å². The summed E-state index contributed by atoms with van der Waals surface area (Å²) in [4.78, 5) is 11.9. The van der Waals surface area contributed by atoms with Crippen LogP contribution >= 0.6 is 11.6 Å². The van der Waals surface area contributed by atoms with Gasteiger partial charge in [0.15, 0.2) is 0 Å². The van der Waals surface area contributed by atoms with E-state index >= 15 is 0 Å². The van der Waals surface area contributed by atoms with Crippen molar-refractivity contribution < 1.29 is 13.6 Å². The number of amides is 1. The van der Waals surface area contributed by atoms with Gasteiger partial charge in [0, 0.05) is 0 Å². The van der Waals surface area contributed by atoms with Gasteiger partial charge in [-0.15, -0.1) is 11.6 Å². The Labute approximate surface area is 110 Å². The van der Waals surface area contributed by atoms with Gasteiger partial charge in [0.2, 0.25) is 0 Å². The molecule has 0 saturated carbocycles. The summed E-state index contributed by atoms with van der Waals surface area (Å²) in [6.07, 6.45) is 0. The van der Waals surface area contributed by atoms with Crippen molar-refractivity contribution in [2.24, 2.45) is 0 Å². The fourth-order valence-electron chi connectivity index (χ4n) is 1.32. The first-order valence-corrected chi connectivity index (χ1v) is 6.01. The Balaban J connectivity index is 3.10. The molecule has 5 heteroatoms. The van der Waals surface area contributed by atoms with Gasteiger partial charge < -0.3 is 5.32 Å². The summed E-state index contributed by atoms with van der Waals surface area (Å²) in [5.74, 6) is -2.52. The number of carbonyl (C=O) groups excluding carboxylic acids is 1. The molecule has 1 N–H and O–H groups in total. The number of aryl methyl sites for hydroxylation is 1. The van der Waals surface area contributed by atoms with Crippen molar-refractivity contribution in [1.82, 2.24) is 5.32 Å². The van der Waals surface area contributed by atoms with E-state index < -0.39 is 28.6 Å². The van der Waals surface area contributed by atoms with E-state index in [0.717, 1.165) is 6.07 Å². The normalized spacial score (nSPS) is 13.3. The van der Waals surface area contributed by atoms with Crippen molar-refractivity contribution in [1.29, 1.82) is 0 Å². The number of halogens is 3. The topological polar surface area (TPSA) is 29.1 Å². The van der Waals surface area contributed by atoms with Gasteiger partial charge in [-0.25, -0.2) is 8.78 Å². The van der Waals surface area contributed by atoms with Gasteiger partial charge in [-0.2, -0.15) is 0 Å². The molecule has 0 fully saturated rings. The first-order valence-electron chi connectivity index (χ1n) is 5.58. The number of rotatable bonds is 3. The molecule has 0 heterocycles. The smallest absolute Gasteiger partial charge is 0.257 e. The van der Waals surface area contributed by atoms with Crippen LogP contribution < -0.4 is 5.32 Å². The zero-order chi connectivity index (χ0) is 14.1. The molecule has 0 saturated heterocycles. The average molecular weight is 276 g/mol. The zero-order valence-electron chi connectivity index (χ0n) is 10.8. The Morgan fingerprint density at radius 1 is 1.39 bits per heavy atom. The second-order valence-corrected chi connectivity index (χ2v) is 5.50. The summed E-state index contributed by atoms with van der Waals surface area (Å²) >= 11 is 5.91. The van der Waals surface area contributed by atoms with Crippen LogP contribution in [0.15, 0.2) is 12.1 Å². The van der Waals surface area contributed by atoms with E-state index in [1.165, 1.54) is 13.0 Å². The molecule has 0 aromatic heterocycles. The number of carbonyl (C=O) groups is 1. The molecule has 0 aliphatic heterocycles. The molecule has 0 radical (unpaired) electrons. The average Bonchev–Trinajstić information content (AvgIpc) is 2.23. The SMILES string of the molecule is Cc1ccc(F)c(C(=O)NC(C)(C)C(C)Cl)c1F. The van der Waals surface area contributed by atoms with Crippen molar-refractivity contribution >= 4 is 17.5 Å². The van der Waals surface area contributed by atoms with E-state index in [1.54, 1.807) is 20.8 Å². The Morgan fingerprint density at radius 2 is 1.94 bits per heavy atom. The lowest BCUT2D eigenvalue weighted by atomic mass is 10.00. The van der Waals surface area contributed by atoms with E-state index in [0.29, 0.717) is 0 Å². The molecule has 0 aliphatic carbocycles. The minimum Gasteiger partial charge on any atom is -0.346 e. The summed E-state index contributed by atoms with van der Waals surface area (Å²) < 4.78 is 27.3. The van der Waals surface area contributed by atoms with Gasteiger partial charge in [0.25, 0.3) is 5.91 Å². The fraction of sp³-hybridized carbons (Fsp3) is 0.462. The van der Waals surface area contributed by atoms with Crippen LogP contribution in [0.25, 0.3) is 0 Å². The van der Waals surface area contributed by atoms with Crippen LogP contribution in [0.4, 0.5) is 8.78 Å². The molecule has 1 atom stereocenters. The molecule has 1 aromatic carbocycles. The van der Waals surface area contributed by atoms with Gasteiger partial charge in [0.05, 0.1) is 10.9 Å². The Morgan fingerprint density at radius 3 is 2.44 bits per heavy atom. The Hall–Kier alpha value is -1.16. The van der Waals surface area contributed by atoms with Crippen LogP contribution in [0, 0.1) is 18.6 Å². The number of alkyl halides is 1. The second kappa shape index (κ2) is 5.22. The van der Waals surface area contributed by atoms with Crippen molar-refractivity contribution in [3.63, 3.8) is 0 Å². The predicted octanol–water partition coefficient (Wildman–Crippen LogP) is 3.41. The van der Waals surface area contributed by atoms with Gasteiger partial charge in [-0.05, 0) is 39.3 Å². The lowest BCUT2D eigenvalue weighted by Crippen LogP contribution is -2.49. The first kappa shape index (κ1) is 14.9. The van der Waals surface area contributed by atoms with E-state index in [9.17, 15) is 13.6 Å². The molecule has 1 amide bonds. The Bertz CT molecular complexity index is 472. The van der Waals surface area contributed by atoms with E-state index in [-0.39, 0.29) is 10.9 Å². The summed E-state index contributed by atoms with van der Waals surface area (Å²) in [5, 5.41) is 2.15. The zero-order valence-corrected chi connectivity index (χ0v) is 11.5. The molecule has 1 unspecified atom stereocenters. The highest BCUT2D eigenvalue weighted by atomic mass is 35.5. The van der Waals surface area contributed by atoms with Crippen molar-refractivity contribution in [3.8, 4) is 0 Å². The number of nitrogens with one attached hydrogen (secondary N) is 1. The minimum atomic E-state index is -0.881. The third-order valence-corrected chi connectivity index (χ3v) is 3.49. The standard InChI is InChI=1S/C13H16ClF2NO/c1-7-5-6-9(15)10(11(7)16)12(18)17-13(3,4)8(2)14/h5-6,8H,1-4H3,(H,17,18). The maximum atomic E-state index is 13.8. The van der Waals surface area contributed by atoms with Crippen LogP contribution in [-0.4, -0.2) is 16.8 Å². The molecule has 0 bridgehead atoms. The predicted molar refractivity (Wildman–Crippen MR) is 68.0 cm³/mol. The number of hydrogen-bond acceptors (Lipinski definition) is 1. The lowest BCUT2D eigenvalue weighted by molar-refractivity contribution is 0.0903. The van der Waals surface area contributed by atoms with E-state index in [2.05, 4.69) is 5.32 Å². The molecular weight excluding hydrogens is 260 g/mol. The van der Waals surface area contributed by atoms with Crippen molar-refractivity contribution in [2.75, 3.05) is 0 Å². The molecule has 1 aromatic rings. The second-order valence-electron chi connectivity index (χ2n) is 4.85. The minimum absolute atomic E-state index is 0.221. The maximum absolute atomic E-state index is 13.8. The van der Waals surface area contributed by atoms with Crippen LogP contribution in [-0.2, 0) is 0 Å². The summed E-state index contributed by atoms with van der Waals surface area (Å²) in [6, 6.07) is 2.36. The quantitative estimate of drug-likeness (QED) is 0.842. The van der Waals surface area contributed by atoms with Crippen LogP contribution in [0.2, 0.25) is 0 Å². The molecule has 0 spiro atoms. The van der Waals surface area contributed by atoms with Crippen molar-refractivity contribution in [3.05, 3.63) is 34.9 Å². The molecular formula is C13H16ClF2NO. The van der Waals surface area contributed by atoms with Crippen LogP contribution in [0.5, 0.6) is 0 Å². The highest BCUT2D eigenvalue weighted by Gasteiger charge is 2.29. The first-order chi connectivity index (χ1) is 8.16. The van der Waals surface area contributed by atoms with Gasteiger partial charge in [-0.1, -0.05) is 6.07 Å². The lowest BCUT2D eigenvalue weighted by Gasteiger charge is -2.29. The van der Waals surface area contributed by atoms with Gasteiger partial charge in [0.1, 0.15) is 17.2 Å². The third kappa shape index (κ3) is 2.99. The summed E-state index contributed by atoms with van der Waals surface area (Å²) in [5.41, 5.74) is -1.11.